The van der Waals surface area contributed by atoms with Gasteiger partial charge < -0.3 is 9.47 Å². The molecule has 2 aromatic heterocycles. The van der Waals surface area contributed by atoms with Crippen LogP contribution in [0.15, 0.2) is 53.6 Å². The molecule has 1 saturated heterocycles. The van der Waals surface area contributed by atoms with Crippen LogP contribution < -0.4 is 5.56 Å². The Morgan fingerprint density at radius 1 is 1.06 bits per heavy atom. The molecule has 0 N–H and O–H groups in total. The van der Waals surface area contributed by atoms with Crippen LogP contribution in [0.4, 0.5) is 0 Å². The van der Waals surface area contributed by atoms with Crippen molar-refractivity contribution in [2.24, 2.45) is 5.92 Å². The molecule has 6 nitrogen and oxygen atoms in total. The Hall–Kier alpha value is -2.83. The third-order valence-electron chi connectivity index (χ3n) is 6.63. The number of rotatable bonds is 5. The molecule has 0 amide bonds. The molecule has 1 aromatic carbocycles. The topological polar surface area (TPSA) is 54.3 Å². The fourth-order valence-corrected chi connectivity index (χ4v) is 5.31. The van der Waals surface area contributed by atoms with E-state index < -0.39 is 0 Å². The summed E-state index contributed by atoms with van der Waals surface area (Å²) in [5.74, 6) is 1.70. The van der Waals surface area contributed by atoms with Gasteiger partial charge in [-0.2, -0.15) is 0 Å². The molecule has 2 bridgehead atoms. The number of aryl methyl sites for hydroxylation is 1. The molecule has 0 radical (unpaired) electrons. The minimum Gasteiger partial charge on any atom is -0.312 e. The van der Waals surface area contributed by atoms with E-state index in [2.05, 4.69) is 55.5 Å². The highest BCUT2D eigenvalue weighted by molar-refractivity contribution is 5.55. The lowest BCUT2D eigenvalue weighted by Crippen LogP contribution is -2.47. The van der Waals surface area contributed by atoms with E-state index in [9.17, 15) is 4.79 Å². The minimum absolute atomic E-state index is 0.194. The van der Waals surface area contributed by atoms with Crippen molar-refractivity contribution < 1.29 is 0 Å². The van der Waals surface area contributed by atoms with E-state index in [0.717, 1.165) is 48.7 Å². The maximum atomic E-state index is 13.0. The minimum atomic E-state index is 0.194. The Labute approximate surface area is 189 Å². The van der Waals surface area contributed by atoms with Crippen LogP contribution in [0.2, 0.25) is 0 Å². The van der Waals surface area contributed by atoms with Gasteiger partial charge in [-0.1, -0.05) is 29.8 Å². The van der Waals surface area contributed by atoms with Crippen molar-refractivity contribution in [3.8, 4) is 11.4 Å². The highest BCUT2D eigenvalue weighted by Gasteiger charge is 2.34. The second-order valence-corrected chi connectivity index (χ2v) is 9.71. The summed E-state index contributed by atoms with van der Waals surface area (Å²) in [6.45, 7) is 6.44. The molecular formula is C26H31N5O. The van der Waals surface area contributed by atoms with E-state index in [-0.39, 0.29) is 5.56 Å². The molecule has 2 aliphatic heterocycles. The lowest BCUT2D eigenvalue weighted by molar-refractivity contribution is 0.114. The van der Waals surface area contributed by atoms with Crippen LogP contribution in [0.1, 0.15) is 34.7 Å². The average Bonchev–Trinajstić information content (AvgIpc) is 2.76. The Morgan fingerprint density at radius 2 is 1.88 bits per heavy atom. The van der Waals surface area contributed by atoms with Gasteiger partial charge in [0.1, 0.15) is 0 Å². The average molecular weight is 430 g/mol. The number of benzene rings is 1. The van der Waals surface area contributed by atoms with Crippen molar-refractivity contribution in [2.75, 3.05) is 27.2 Å². The summed E-state index contributed by atoms with van der Waals surface area (Å²) in [7, 11) is 4.01. The van der Waals surface area contributed by atoms with E-state index in [4.69, 9.17) is 0 Å². The molecule has 0 spiro atoms. The molecule has 0 unspecified atom stereocenters. The number of nitrogens with zero attached hydrogens (tertiary/aromatic N) is 5. The standard InChI is InChI=1S/C26H31N5O/c1-18-5-4-6-21(9-18)25-27-11-20(12-28-25)14-30-13-19-10-23(17-30)24-8-7-22(16-29(2)3)26(32)31(24)15-19/h4-9,11-12,19,23H,10,13-17H2,1-3H3/t19-,23+/m0/s1. The van der Waals surface area contributed by atoms with E-state index in [1.165, 1.54) is 17.7 Å². The first-order valence-corrected chi connectivity index (χ1v) is 11.4. The maximum absolute atomic E-state index is 13.0. The fourth-order valence-electron chi connectivity index (χ4n) is 5.31. The second kappa shape index (κ2) is 8.60. The van der Waals surface area contributed by atoms with Gasteiger partial charge in [-0.3, -0.25) is 9.69 Å². The summed E-state index contributed by atoms with van der Waals surface area (Å²) in [6, 6.07) is 12.5. The van der Waals surface area contributed by atoms with Gasteiger partial charge in [0.2, 0.25) is 0 Å². The predicted molar refractivity (Wildman–Crippen MR) is 126 cm³/mol. The van der Waals surface area contributed by atoms with Crippen LogP contribution >= 0.6 is 0 Å². The van der Waals surface area contributed by atoms with Crippen LogP contribution in [-0.2, 0) is 19.6 Å². The van der Waals surface area contributed by atoms with Gasteiger partial charge in [-0.05, 0) is 45.5 Å². The first-order chi connectivity index (χ1) is 15.5. The van der Waals surface area contributed by atoms with Gasteiger partial charge in [0.05, 0.1) is 0 Å². The van der Waals surface area contributed by atoms with Crippen molar-refractivity contribution in [1.29, 1.82) is 0 Å². The quantitative estimate of drug-likeness (QED) is 0.623. The summed E-state index contributed by atoms with van der Waals surface area (Å²) >= 11 is 0. The largest absolute Gasteiger partial charge is 0.312 e. The molecule has 6 heteroatoms. The van der Waals surface area contributed by atoms with Crippen molar-refractivity contribution in [1.82, 2.24) is 24.3 Å². The lowest BCUT2D eigenvalue weighted by atomic mass is 9.83. The molecule has 4 heterocycles. The second-order valence-electron chi connectivity index (χ2n) is 9.71. The maximum Gasteiger partial charge on any atom is 0.255 e. The summed E-state index contributed by atoms with van der Waals surface area (Å²) in [4.78, 5) is 26.8. The molecule has 0 aliphatic carbocycles. The van der Waals surface area contributed by atoms with Crippen LogP contribution in [0.5, 0.6) is 0 Å². The van der Waals surface area contributed by atoms with Gasteiger partial charge in [-0.15, -0.1) is 0 Å². The summed E-state index contributed by atoms with van der Waals surface area (Å²) in [5, 5.41) is 0. The molecule has 1 fully saturated rings. The van der Waals surface area contributed by atoms with Gasteiger partial charge in [0, 0.05) is 73.4 Å². The van der Waals surface area contributed by atoms with Crippen LogP contribution in [0.25, 0.3) is 11.4 Å². The summed E-state index contributed by atoms with van der Waals surface area (Å²) in [6.07, 6.45) is 5.09. The molecule has 166 valence electrons. The normalized spacial score (nSPS) is 20.4. The number of piperidine rings is 1. The van der Waals surface area contributed by atoms with Gasteiger partial charge >= 0.3 is 0 Å². The number of hydrogen-bond acceptors (Lipinski definition) is 5. The summed E-state index contributed by atoms with van der Waals surface area (Å²) in [5.41, 5.74) is 5.69. The van der Waals surface area contributed by atoms with Crippen molar-refractivity contribution >= 4 is 0 Å². The number of aromatic nitrogens is 3. The highest BCUT2D eigenvalue weighted by Crippen LogP contribution is 2.35. The molecule has 2 atom stereocenters. The third-order valence-corrected chi connectivity index (χ3v) is 6.63. The third kappa shape index (κ3) is 4.25. The van der Waals surface area contributed by atoms with Crippen molar-refractivity contribution in [3.63, 3.8) is 0 Å². The molecule has 32 heavy (non-hydrogen) atoms. The SMILES string of the molecule is Cc1cccc(-c2ncc(CN3C[C@@H]4C[C@H](C3)c3ccc(CN(C)C)c(=O)n3C4)cn2)c1. The van der Waals surface area contributed by atoms with E-state index >= 15 is 0 Å². The van der Waals surface area contributed by atoms with E-state index in [1.807, 2.05) is 38.6 Å². The highest BCUT2D eigenvalue weighted by atomic mass is 16.1. The first-order valence-electron chi connectivity index (χ1n) is 11.4. The van der Waals surface area contributed by atoms with E-state index in [1.54, 1.807) is 0 Å². The molecule has 5 rings (SSSR count). The number of pyridine rings is 1. The zero-order chi connectivity index (χ0) is 22.2. The smallest absolute Gasteiger partial charge is 0.255 e. The van der Waals surface area contributed by atoms with Crippen LogP contribution in [-0.4, -0.2) is 51.5 Å². The predicted octanol–water partition coefficient (Wildman–Crippen LogP) is 3.29. The summed E-state index contributed by atoms with van der Waals surface area (Å²) < 4.78 is 2.05. The van der Waals surface area contributed by atoms with Gasteiger partial charge in [0.15, 0.2) is 5.82 Å². The Balaban J connectivity index is 1.30. The number of likely N-dealkylation sites (tertiary alicyclic amines) is 1. The van der Waals surface area contributed by atoms with Crippen LogP contribution in [0, 0.1) is 12.8 Å². The monoisotopic (exact) mass is 429 g/mol. The van der Waals surface area contributed by atoms with Gasteiger partial charge in [0.25, 0.3) is 5.56 Å². The van der Waals surface area contributed by atoms with Crippen LogP contribution in [0.3, 0.4) is 0 Å². The van der Waals surface area contributed by atoms with Crippen molar-refractivity contribution in [3.05, 3.63) is 81.5 Å². The lowest BCUT2D eigenvalue weighted by Gasteiger charge is -2.43. The van der Waals surface area contributed by atoms with Crippen molar-refractivity contribution in [2.45, 2.75) is 38.9 Å². The molecule has 3 aromatic rings. The zero-order valence-corrected chi connectivity index (χ0v) is 19.2. The Kier molecular flexibility index (Phi) is 5.66. The number of fused-ring (bicyclic) bond motifs is 4. The van der Waals surface area contributed by atoms with Gasteiger partial charge in [-0.25, -0.2) is 9.97 Å². The first kappa shape index (κ1) is 21.0. The fraction of sp³-hybridized carbons (Fsp3) is 0.423. The molecule has 0 saturated carbocycles. The Bertz CT molecular complexity index is 1170. The Morgan fingerprint density at radius 3 is 2.62 bits per heavy atom. The van der Waals surface area contributed by atoms with E-state index in [0.29, 0.717) is 18.4 Å². The molecular weight excluding hydrogens is 398 g/mol. The number of hydrogen-bond donors (Lipinski definition) is 0. The zero-order valence-electron chi connectivity index (χ0n) is 19.2. The molecule has 2 aliphatic rings.